The first-order valence-electron chi connectivity index (χ1n) is 10.8. The van der Waals surface area contributed by atoms with Crippen LogP contribution in [0.4, 0.5) is 0 Å². The van der Waals surface area contributed by atoms with E-state index in [-0.39, 0.29) is 0 Å². The topological polar surface area (TPSA) is 35.6 Å². The molecule has 0 aliphatic carbocycles. The van der Waals surface area contributed by atoms with Crippen molar-refractivity contribution in [1.29, 1.82) is 0 Å². The number of fused-ring (bicyclic) bond motifs is 2. The normalized spacial score (nSPS) is 11.5. The predicted molar refractivity (Wildman–Crippen MR) is 124 cm³/mol. The van der Waals surface area contributed by atoms with Gasteiger partial charge in [-0.15, -0.1) is 0 Å². The fourth-order valence-electron chi connectivity index (χ4n) is 4.26. The van der Waals surface area contributed by atoms with E-state index >= 15 is 0 Å². The van der Waals surface area contributed by atoms with E-state index in [0.717, 1.165) is 59.7 Å². The van der Waals surface area contributed by atoms with Crippen molar-refractivity contribution in [2.75, 3.05) is 0 Å². The molecule has 5 aromatic rings. The second-order valence-corrected chi connectivity index (χ2v) is 7.74. The molecule has 3 aromatic carbocycles. The van der Waals surface area contributed by atoms with Gasteiger partial charge in [-0.25, -0.2) is 9.97 Å². The highest BCUT2D eigenvalue weighted by Crippen LogP contribution is 2.31. The van der Waals surface area contributed by atoms with Crippen LogP contribution in [0.3, 0.4) is 0 Å². The quantitative estimate of drug-likeness (QED) is 0.328. The van der Waals surface area contributed by atoms with Crippen molar-refractivity contribution in [3.8, 4) is 22.8 Å². The molecule has 4 nitrogen and oxygen atoms in total. The maximum atomic E-state index is 5.02. The molecule has 2 aromatic heterocycles. The molecular weight excluding hydrogens is 368 g/mol. The molecule has 0 aliphatic rings. The molecule has 0 radical (unpaired) electrons. The van der Waals surface area contributed by atoms with Crippen LogP contribution in [0.1, 0.15) is 26.7 Å². The molecule has 0 saturated heterocycles. The lowest BCUT2D eigenvalue weighted by molar-refractivity contribution is 0.699. The minimum Gasteiger partial charge on any atom is -0.324 e. The van der Waals surface area contributed by atoms with Crippen molar-refractivity contribution in [3.63, 3.8) is 0 Å². The molecule has 5 rings (SSSR count). The number of aryl methyl sites for hydroxylation is 2. The Morgan fingerprint density at radius 1 is 0.600 bits per heavy atom. The summed E-state index contributed by atoms with van der Waals surface area (Å²) < 4.78 is 4.71. The highest BCUT2D eigenvalue weighted by atomic mass is 15.1. The van der Waals surface area contributed by atoms with Gasteiger partial charge in [0.1, 0.15) is 11.6 Å². The molecule has 150 valence electrons. The third kappa shape index (κ3) is 3.09. The summed E-state index contributed by atoms with van der Waals surface area (Å²) in [5, 5.41) is 0. The lowest BCUT2D eigenvalue weighted by Crippen LogP contribution is -2.01. The van der Waals surface area contributed by atoms with E-state index in [4.69, 9.17) is 9.97 Å². The van der Waals surface area contributed by atoms with Crippen molar-refractivity contribution in [3.05, 3.63) is 72.8 Å². The zero-order valence-electron chi connectivity index (χ0n) is 17.5. The van der Waals surface area contributed by atoms with Gasteiger partial charge in [-0.1, -0.05) is 74.5 Å². The highest BCUT2D eigenvalue weighted by molar-refractivity contribution is 5.95. The molecule has 0 aliphatic heterocycles. The summed E-state index contributed by atoms with van der Waals surface area (Å²) in [6.07, 6.45) is 2.12. The second kappa shape index (κ2) is 7.79. The Kier molecular flexibility index (Phi) is 4.83. The van der Waals surface area contributed by atoms with Crippen molar-refractivity contribution in [2.45, 2.75) is 39.8 Å². The summed E-state index contributed by atoms with van der Waals surface area (Å²) in [5.74, 6) is 2.07. The van der Waals surface area contributed by atoms with Gasteiger partial charge in [0.2, 0.25) is 0 Å². The molecule has 0 amide bonds. The van der Waals surface area contributed by atoms with Crippen LogP contribution in [0.5, 0.6) is 0 Å². The predicted octanol–water partition coefficient (Wildman–Crippen LogP) is 6.54. The number of imidazole rings is 2. The monoisotopic (exact) mass is 394 g/mol. The van der Waals surface area contributed by atoms with E-state index in [1.807, 2.05) is 12.1 Å². The second-order valence-electron chi connectivity index (χ2n) is 7.74. The van der Waals surface area contributed by atoms with Gasteiger partial charge < -0.3 is 9.13 Å². The van der Waals surface area contributed by atoms with Gasteiger partial charge in [-0.2, -0.15) is 0 Å². The summed E-state index contributed by atoms with van der Waals surface area (Å²) in [6.45, 7) is 6.32. The Labute approximate surface area is 176 Å². The molecule has 2 heterocycles. The fraction of sp³-hybridized carbons (Fsp3) is 0.231. The van der Waals surface area contributed by atoms with Crippen LogP contribution in [0.2, 0.25) is 0 Å². The standard InChI is InChI=1S/C26H26N4/c1-3-15-29-23-18-24-22(17-21(23)27-25(29)19-11-7-5-8-12-19)28-26(30(24)16-4-2)20-13-9-6-10-14-20/h5-14,17-18H,3-4,15-16H2,1-2H3. The zero-order valence-corrected chi connectivity index (χ0v) is 17.5. The molecule has 4 heteroatoms. The highest BCUT2D eigenvalue weighted by Gasteiger charge is 2.17. The van der Waals surface area contributed by atoms with Crippen LogP contribution < -0.4 is 0 Å². The SMILES string of the molecule is CCCn1c(-c2ccccc2)nc2cc3nc(-c4ccccc4)n(CCC)c3cc21. The fourth-order valence-corrected chi connectivity index (χ4v) is 4.26. The Bertz CT molecular complexity index is 1200. The number of nitrogens with zero attached hydrogens (tertiary/aromatic N) is 4. The first-order chi connectivity index (χ1) is 14.8. The molecular formula is C26H26N4. The van der Waals surface area contributed by atoms with Gasteiger partial charge in [-0.3, -0.25) is 0 Å². The Morgan fingerprint density at radius 2 is 1.03 bits per heavy atom. The first-order valence-corrected chi connectivity index (χ1v) is 10.8. The molecule has 0 bridgehead atoms. The van der Waals surface area contributed by atoms with Gasteiger partial charge in [0.15, 0.2) is 0 Å². The minimum absolute atomic E-state index is 0.944. The summed E-state index contributed by atoms with van der Waals surface area (Å²) in [4.78, 5) is 10.0. The average molecular weight is 395 g/mol. The Hall–Kier alpha value is -3.40. The number of rotatable bonds is 6. The number of benzene rings is 3. The molecule has 0 unspecified atom stereocenters. The smallest absolute Gasteiger partial charge is 0.141 e. The van der Waals surface area contributed by atoms with Gasteiger partial charge in [0.25, 0.3) is 0 Å². The van der Waals surface area contributed by atoms with Crippen LogP contribution >= 0.6 is 0 Å². The summed E-state index contributed by atoms with van der Waals surface area (Å²) >= 11 is 0. The van der Waals surface area contributed by atoms with E-state index in [1.165, 1.54) is 11.0 Å². The maximum Gasteiger partial charge on any atom is 0.141 e. The third-order valence-corrected chi connectivity index (χ3v) is 5.58. The summed E-state index contributed by atoms with van der Waals surface area (Å²) in [7, 11) is 0. The van der Waals surface area contributed by atoms with Crippen molar-refractivity contribution in [2.24, 2.45) is 0 Å². The largest absolute Gasteiger partial charge is 0.324 e. The Morgan fingerprint density at radius 3 is 1.43 bits per heavy atom. The molecule has 0 fully saturated rings. The van der Waals surface area contributed by atoms with E-state index in [2.05, 4.69) is 83.6 Å². The van der Waals surface area contributed by atoms with E-state index < -0.39 is 0 Å². The molecule has 0 atom stereocenters. The van der Waals surface area contributed by atoms with Crippen molar-refractivity contribution in [1.82, 2.24) is 19.1 Å². The minimum atomic E-state index is 0.944. The zero-order chi connectivity index (χ0) is 20.5. The molecule has 0 spiro atoms. The van der Waals surface area contributed by atoms with Gasteiger partial charge in [0, 0.05) is 24.2 Å². The van der Waals surface area contributed by atoms with E-state index in [0.29, 0.717) is 0 Å². The number of aromatic nitrogens is 4. The van der Waals surface area contributed by atoms with Gasteiger partial charge >= 0.3 is 0 Å². The molecule has 0 N–H and O–H groups in total. The van der Waals surface area contributed by atoms with Gasteiger partial charge in [-0.05, 0) is 25.0 Å². The molecule has 0 saturated carbocycles. The van der Waals surface area contributed by atoms with Crippen LogP contribution in [0.25, 0.3) is 44.8 Å². The average Bonchev–Trinajstić information content (AvgIpc) is 3.32. The lowest BCUT2D eigenvalue weighted by Gasteiger charge is -2.09. The van der Waals surface area contributed by atoms with E-state index in [9.17, 15) is 0 Å². The number of hydrogen-bond acceptors (Lipinski definition) is 2. The number of hydrogen-bond donors (Lipinski definition) is 0. The van der Waals surface area contributed by atoms with E-state index in [1.54, 1.807) is 0 Å². The molecule has 30 heavy (non-hydrogen) atoms. The Balaban J connectivity index is 1.77. The van der Waals surface area contributed by atoms with Crippen molar-refractivity contribution < 1.29 is 0 Å². The van der Waals surface area contributed by atoms with Gasteiger partial charge in [0.05, 0.1) is 22.1 Å². The van der Waals surface area contributed by atoms with Crippen LogP contribution in [-0.4, -0.2) is 19.1 Å². The summed E-state index contributed by atoms with van der Waals surface area (Å²) in [5.41, 5.74) is 6.69. The van der Waals surface area contributed by atoms with Crippen LogP contribution in [0.15, 0.2) is 72.8 Å². The maximum absolute atomic E-state index is 5.02. The van der Waals surface area contributed by atoms with Crippen LogP contribution in [0, 0.1) is 0 Å². The third-order valence-electron chi connectivity index (χ3n) is 5.58. The lowest BCUT2D eigenvalue weighted by atomic mass is 10.2. The van der Waals surface area contributed by atoms with Crippen LogP contribution in [-0.2, 0) is 13.1 Å². The first kappa shape index (κ1) is 18.6. The van der Waals surface area contributed by atoms with Crippen molar-refractivity contribution >= 4 is 22.1 Å². The summed E-state index contributed by atoms with van der Waals surface area (Å²) in [6, 6.07) is 25.4.